The van der Waals surface area contributed by atoms with E-state index in [2.05, 4.69) is 0 Å². The maximum absolute atomic E-state index is 12.3. The molecule has 0 aliphatic carbocycles. The van der Waals surface area contributed by atoms with Crippen molar-refractivity contribution in [3.63, 3.8) is 0 Å². The van der Waals surface area contributed by atoms with Crippen LogP contribution >= 0.6 is 0 Å². The zero-order valence-electron chi connectivity index (χ0n) is 11.4. The van der Waals surface area contributed by atoms with Crippen molar-refractivity contribution < 1.29 is 13.2 Å². The molecule has 0 aromatic heterocycles. The maximum atomic E-state index is 12.3. The Hall–Kier alpha value is -2.45. The molecule has 0 unspecified atom stereocenters. The number of ketones is 1. The second-order valence-corrected chi connectivity index (χ2v) is 6.64. The van der Waals surface area contributed by atoms with Crippen LogP contribution in [0.25, 0.3) is 0 Å². The molecule has 0 aliphatic rings. The number of hydrogen-bond acceptors (Lipinski definition) is 4. The number of sulfone groups is 1. The molecule has 4 nitrogen and oxygen atoms in total. The fourth-order valence-corrected chi connectivity index (χ4v) is 3.22. The van der Waals surface area contributed by atoms with Gasteiger partial charge in [0.1, 0.15) is 0 Å². The Balaban J connectivity index is 2.25. The maximum Gasteiger partial charge on any atom is 0.182 e. The van der Waals surface area contributed by atoms with Crippen molar-refractivity contribution >= 4 is 15.6 Å². The van der Waals surface area contributed by atoms with Gasteiger partial charge in [0.2, 0.25) is 0 Å². The minimum absolute atomic E-state index is 0.106. The SMILES string of the molecule is CC(=O)c1ccc(S(=O)(=O)Cc2ccc(C#N)cc2)cc1. The molecule has 0 heterocycles. The van der Waals surface area contributed by atoms with E-state index in [1.54, 1.807) is 24.3 Å². The highest BCUT2D eigenvalue weighted by molar-refractivity contribution is 7.90. The van der Waals surface area contributed by atoms with Crippen molar-refractivity contribution in [3.8, 4) is 6.07 Å². The van der Waals surface area contributed by atoms with E-state index in [-0.39, 0.29) is 16.4 Å². The Morgan fingerprint density at radius 1 is 1.05 bits per heavy atom. The van der Waals surface area contributed by atoms with Crippen molar-refractivity contribution in [2.45, 2.75) is 17.6 Å². The zero-order valence-corrected chi connectivity index (χ0v) is 12.2. The highest BCUT2D eigenvalue weighted by Gasteiger charge is 2.15. The van der Waals surface area contributed by atoms with Crippen LogP contribution in [-0.4, -0.2) is 14.2 Å². The number of rotatable bonds is 4. The Kier molecular flexibility index (Phi) is 4.20. The molecular weight excluding hydrogens is 286 g/mol. The van der Waals surface area contributed by atoms with Crippen LogP contribution in [-0.2, 0) is 15.6 Å². The molecule has 106 valence electrons. The van der Waals surface area contributed by atoms with Gasteiger partial charge in [-0.1, -0.05) is 24.3 Å². The molecule has 21 heavy (non-hydrogen) atoms. The number of benzene rings is 2. The van der Waals surface area contributed by atoms with Gasteiger partial charge in [-0.15, -0.1) is 0 Å². The first kappa shape index (κ1) is 14.9. The lowest BCUT2D eigenvalue weighted by Gasteiger charge is -2.05. The summed E-state index contributed by atoms with van der Waals surface area (Å²) in [5, 5.41) is 8.71. The summed E-state index contributed by atoms with van der Waals surface area (Å²) in [6.07, 6.45) is 0. The molecule has 5 heteroatoms. The average Bonchev–Trinajstić information content (AvgIpc) is 2.48. The van der Waals surface area contributed by atoms with Gasteiger partial charge in [-0.2, -0.15) is 5.26 Å². The van der Waals surface area contributed by atoms with E-state index >= 15 is 0 Å². The number of carbonyl (C=O) groups is 1. The molecule has 0 amide bonds. The summed E-state index contributed by atoms with van der Waals surface area (Å²) >= 11 is 0. The molecule has 0 fully saturated rings. The summed E-state index contributed by atoms with van der Waals surface area (Å²) in [4.78, 5) is 11.4. The lowest BCUT2D eigenvalue weighted by Crippen LogP contribution is -2.05. The standard InChI is InChI=1S/C16H13NO3S/c1-12(18)15-6-8-16(9-7-15)21(19,20)11-14-4-2-13(10-17)3-5-14/h2-9H,11H2,1H3. The average molecular weight is 299 g/mol. The third-order valence-electron chi connectivity index (χ3n) is 3.06. The quantitative estimate of drug-likeness (QED) is 0.813. The Morgan fingerprint density at radius 3 is 2.10 bits per heavy atom. The number of nitriles is 1. The molecule has 0 radical (unpaired) electrons. The summed E-state index contributed by atoms with van der Waals surface area (Å²) in [5.41, 5.74) is 1.58. The summed E-state index contributed by atoms with van der Waals surface area (Å²) < 4.78 is 24.6. The summed E-state index contributed by atoms with van der Waals surface area (Å²) in [6.45, 7) is 1.43. The normalized spacial score (nSPS) is 10.9. The van der Waals surface area contributed by atoms with Gasteiger partial charge in [-0.05, 0) is 36.8 Å². The van der Waals surface area contributed by atoms with E-state index < -0.39 is 9.84 Å². The van der Waals surface area contributed by atoms with Gasteiger partial charge >= 0.3 is 0 Å². The number of Topliss-reactive ketones (excluding diaryl/α,β-unsaturated/α-hetero) is 1. The predicted octanol–water partition coefficient (Wildman–Crippen LogP) is 2.73. The van der Waals surface area contributed by atoms with Crippen molar-refractivity contribution in [1.29, 1.82) is 5.26 Å². The second kappa shape index (κ2) is 5.90. The predicted molar refractivity (Wildman–Crippen MR) is 78.5 cm³/mol. The van der Waals surface area contributed by atoms with Crippen molar-refractivity contribution in [2.75, 3.05) is 0 Å². The lowest BCUT2D eigenvalue weighted by atomic mass is 10.2. The van der Waals surface area contributed by atoms with E-state index in [1.807, 2.05) is 6.07 Å². The van der Waals surface area contributed by atoms with E-state index in [1.165, 1.54) is 31.2 Å². The van der Waals surface area contributed by atoms with Crippen LogP contribution in [0.2, 0.25) is 0 Å². The van der Waals surface area contributed by atoms with Gasteiger partial charge in [0.15, 0.2) is 15.6 Å². The summed E-state index contributed by atoms with van der Waals surface area (Å²) in [7, 11) is -3.47. The minimum Gasteiger partial charge on any atom is -0.295 e. The first-order valence-corrected chi connectivity index (χ1v) is 7.90. The third-order valence-corrected chi connectivity index (χ3v) is 4.76. The molecule has 0 saturated heterocycles. The molecule has 2 rings (SSSR count). The number of nitrogens with zero attached hydrogens (tertiary/aromatic N) is 1. The number of hydrogen-bond donors (Lipinski definition) is 0. The highest BCUT2D eigenvalue weighted by Crippen LogP contribution is 2.17. The van der Waals surface area contributed by atoms with E-state index in [0.717, 1.165) is 0 Å². The Bertz CT molecular complexity index is 798. The molecule has 0 spiro atoms. The van der Waals surface area contributed by atoms with Gasteiger partial charge in [0.05, 0.1) is 22.3 Å². The third kappa shape index (κ3) is 3.56. The first-order chi connectivity index (χ1) is 9.92. The lowest BCUT2D eigenvalue weighted by molar-refractivity contribution is 0.101. The van der Waals surface area contributed by atoms with Crippen LogP contribution in [0, 0.1) is 11.3 Å². The Morgan fingerprint density at radius 2 is 1.62 bits per heavy atom. The van der Waals surface area contributed by atoms with Crippen molar-refractivity contribution in [3.05, 3.63) is 65.2 Å². The van der Waals surface area contributed by atoms with Crippen LogP contribution in [0.4, 0.5) is 0 Å². The van der Waals surface area contributed by atoms with Crippen LogP contribution in [0.5, 0.6) is 0 Å². The topological polar surface area (TPSA) is 75.0 Å². The van der Waals surface area contributed by atoms with Crippen molar-refractivity contribution in [1.82, 2.24) is 0 Å². The highest BCUT2D eigenvalue weighted by atomic mass is 32.2. The van der Waals surface area contributed by atoms with E-state index in [4.69, 9.17) is 5.26 Å². The fraction of sp³-hybridized carbons (Fsp3) is 0.125. The summed E-state index contributed by atoms with van der Waals surface area (Å²) in [5.74, 6) is -0.246. The summed E-state index contributed by atoms with van der Waals surface area (Å²) in [6, 6.07) is 14.3. The Labute approximate surface area is 123 Å². The van der Waals surface area contributed by atoms with E-state index in [9.17, 15) is 13.2 Å². The van der Waals surface area contributed by atoms with Gasteiger partial charge < -0.3 is 0 Å². The fourth-order valence-electron chi connectivity index (χ4n) is 1.88. The van der Waals surface area contributed by atoms with Crippen LogP contribution in [0.1, 0.15) is 28.4 Å². The smallest absolute Gasteiger partial charge is 0.182 e. The van der Waals surface area contributed by atoms with Crippen LogP contribution < -0.4 is 0 Å². The first-order valence-electron chi connectivity index (χ1n) is 6.25. The van der Waals surface area contributed by atoms with Crippen LogP contribution in [0.3, 0.4) is 0 Å². The molecule has 0 N–H and O–H groups in total. The molecule has 2 aromatic carbocycles. The second-order valence-electron chi connectivity index (χ2n) is 4.65. The van der Waals surface area contributed by atoms with E-state index in [0.29, 0.717) is 16.7 Å². The molecular formula is C16H13NO3S. The van der Waals surface area contributed by atoms with Crippen molar-refractivity contribution in [2.24, 2.45) is 0 Å². The molecule has 0 bridgehead atoms. The monoisotopic (exact) mass is 299 g/mol. The van der Waals surface area contributed by atoms with Crippen LogP contribution in [0.15, 0.2) is 53.4 Å². The van der Waals surface area contributed by atoms with Gasteiger partial charge in [-0.25, -0.2) is 8.42 Å². The largest absolute Gasteiger partial charge is 0.295 e. The zero-order chi connectivity index (χ0) is 15.5. The molecule has 0 atom stereocenters. The molecule has 0 aliphatic heterocycles. The van der Waals surface area contributed by atoms with Gasteiger partial charge in [0.25, 0.3) is 0 Å². The van der Waals surface area contributed by atoms with Gasteiger partial charge in [-0.3, -0.25) is 4.79 Å². The molecule has 0 saturated carbocycles. The minimum atomic E-state index is -3.47. The molecule has 2 aromatic rings. The van der Waals surface area contributed by atoms with Gasteiger partial charge in [0, 0.05) is 5.56 Å². The number of carbonyl (C=O) groups excluding carboxylic acids is 1.